The lowest BCUT2D eigenvalue weighted by Crippen LogP contribution is -2.49. The normalized spacial score (nSPS) is 20.9. The number of imidazole rings is 2. The second-order valence-corrected chi connectivity index (χ2v) is 15.4. The molecule has 4 heterocycles. The molecule has 2 aliphatic carbocycles. The minimum absolute atomic E-state index is 0.0138. The zero-order valence-electron chi connectivity index (χ0n) is 31.6. The van der Waals surface area contributed by atoms with E-state index in [1.807, 2.05) is 21.9 Å². The topological polar surface area (TPSA) is 167 Å². The molecule has 14 heteroatoms. The van der Waals surface area contributed by atoms with Crippen LogP contribution in [-0.4, -0.2) is 93.4 Å². The van der Waals surface area contributed by atoms with Gasteiger partial charge in [0.1, 0.15) is 23.7 Å². The Balaban J connectivity index is 0.897. The van der Waals surface area contributed by atoms with E-state index in [1.54, 1.807) is 0 Å². The monoisotopic (exact) mass is 758 g/mol. The molecule has 2 saturated carbocycles. The second kappa shape index (κ2) is 15.1. The number of methoxy groups -OCH3 is 1. The molecular formula is C42H46N8O6. The first kappa shape index (κ1) is 35.9. The summed E-state index contributed by atoms with van der Waals surface area (Å²) in [6, 6.07) is 19.6. The van der Waals surface area contributed by atoms with Crippen LogP contribution in [0.25, 0.3) is 44.3 Å². The number of benzene rings is 3. The summed E-state index contributed by atoms with van der Waals surface area (Å²) in [6.07, 6.45) is 7.89. The van der Waals surface area contributed by atoms with E-state index in [-0.39, 0.29) is 35.7 Å². The molecule has 14 nitrogen and oxygen atoms in total. The van der Waals surface area contributed by atoms with Crippen molar-refractivity contribution in [2.45, 2.75) is 75.5 Å². The Kier molecular flexibility index (Phi) is 9.66. The SMILES string of the molecule is COOC=N[C@H](C(=O)N1CCC[C@H]1c1nc2ccc(-c3ccc(-c4ccc5nc([C@@H]6CCCN6C(=O)[C@@H](NC(=O)OC)C6CC6)[nH]c5c4)cc3)cc2[nH]1)C1CC1. The first-order chi connectivity index (χ1) is 27.4. The molecule has 3 aromatic carbocycles. The molecule has 290 valence electrons. The van der Waals surface area contributed by atoms with E-state index in [4.69, 9.17) is 19.6 Å². The lowest BCUT2D eigenvalue weighted by molar-refractivity contribution is -0.188. The summed E-state index contributed by atoms with van der Waals surface area (Å²) < 4.78 is 4.80. The van der Waals surface area contributed by atoms with Gasteiger partial charge >= 0.3 is 6.09 Å². The van der Waals surface area contributed by atoms with Gasteiger partial charge in [-0.1, -0.05) is 36.4 Å². The van der Waals surface area contributed by atoms with Gasteiger partial charge in [0.15, 0.2) is 0 Å². The van der Waals surface area contributed by atoms with Crippen LogP contribution < -0.4 is 5.32 Å². The number of hydrogen-bond donors (Lipinski definition) is 3. The molecule has 56 heavy (non-hydrogen) atoms. The van der Waals surface area contributed by atoms with E-state index in [2.05, 4.69) is 73.7 Å². The highest BCUT2D eigenvalue weighted by atomic mass is 17.2. The third-order valence-corrected chi connectivity index (χ3v) is 11.8. The summed E-state index contributed by atoms with van der Waals surface area (Å²) in [5.41, 5.74) is 7.82. The summed E-state index contributed by atoms with van der Waals surface area (Å²) >= 11 is 0. The highest BCUT2D eigenvalue weighted by Gasteiger charge is 2.44. The van der Waals surface area contributed by atoms with Gasteiger partial charge in [-0.25, -0.2) is 19.8 Å². The lowest BCUT2D eigenvalue weighted by atomic mass is 10.00. The Morgan fingerprint density at radius 3 is 1.75 bits per heavy atom. The zero-order valence-corrected chi connectivity index (χ0v) is 31.6. The number of fused-ring (bicyclic) bond motifs is 2. The average molecular weight is 759 g/mol. The van der Waals surface area contributed by atoms with Gasteiger partial charge < -0.3 is 34.7 Å². The molecular weight excluding hydrogens is 713 g/mol. The van der Waals surface area contributed by atoms with Gasteiger partial charge in [0.05, 0.1) is 48.4 Å². The van der Waals surface area contributed by atoms with Crippen LogP contribution in [0.4, 0.5) is 4.79 Å². The summed E-state index contributed by atoms with van der Waals surface area (Å²) in [6.45, 7) is 1.30. The number of carbonyl (C=O) groups is 3. The van der Waals surface area contributed by atoms with Crippen LogP contribution >= 0.6 is 0 Å². The van der Waals surface area contributed by atoms with Crippen LogP contribution in [0.1, 0.15) is 75.1 Å². The summed E-state index contributed by atoms with van der Waals surface area (Å²) in [4.78, 5) is 73.9. The molecule has 4 aliphatic rings. The van der Waals surface area contributed by atoms with Crippen LogP contribution in [0.3, 0.4) is 0 Å². The maximum Gasteiger partial charge on any atom is 0.407 e. The van der Waals surface area contributed by atoms with Crippen LogP contribution in [0.5, 0.6) is 0 Å². The highest BCUT2D eigenvalue weighted by Crippen LogP contribution is 2.40. The smallest absolute Gasteiger partial charge is 0.407 e. The molecule has 0 radical (unpaired) electrons. The number of amides is 3. The number of aromatic nitrogens is 4. The molecule has 5 aromatic rings. The molecule has 2 saturated heterocycles. The fraction of sp³-hybridized carbons (Fsp3) is 0.429. The largest absolute Gasteiger partial charge is 0.453 e. The Hall–Kier alpha value is -5.76. The molecule has 0 spiro atoms. The third kappa shape index (κ3) is 7.09. The number of carbonyl (C=O) groups excluding carboxylic acids is 3. The number of aromatic amines is 2. The standard InChI is InChI=1S/C42H46N8O6/c1-54-42(53)48-37(27-13-14-27)41(52)50-20-4-6-35(50)39-45-31-18-16-29(22-33(31)47-39)25-9-7-24(8-10-25)28-15-17-30-32(21-28)46-38(44-30)34-5-3-19-49(34)40(51)36(26-11-12-26)43-23-56-55-2/h7-10,15-18,21-23,26-27,34-37H,3-6,11-14,19-20H2,1-2H3,(H,44,46)(H,45,47)(H,48,53)/t34-,35-,36-,37-/m0/s1. The van der Waals surface area contributed by atoms with Crippen LogP contribution in [-0.2, 0) is 24.1 Å². The number of ether oxygens (including phenoxy) is 1. The van der Waals surface area contributed by atoms with E-state index in [9.17, 15) is 14.4 Å². The quantitative estimate of drug-likeness (QED) is 0.0553. The van der Waals surface area contributed by atoms with E-state index in [1.165, 1.54) is 20.6 Å². The number of H-pyrrole nitrogens is 2. The van der Waals surface area contributed by atoms with Gasteiger partial charge in [-0.3, -0.25) is 9.59 Å². The van der Waals surface area contributed by atoms with Gasteiger partial charge in [-0.2, -0.15) is 4.89 Å². The number of alkyl carbamates (subject to hydrolysis) is 1. The summed E-state index contributed by atoms with van der Waals surface area (Å²) in [5, 5.41) is 2.77. The number of rotatable bonds is 12. The van der Waals surface area contributed by atoms with Crippen molar-refractivity contribution in [1.29, 1.82) is 0 Å². The summed E-state index contributed by atoms with van der Waals surface area (Å²) in [7, 11) is 2.73. The van der Waals surface area contributed by atoms with Crippen LogP contribution in [0, 0.1) is 11.8 Å². The predicted molar refractivity (Wildman–Crippen MR) is 209 cm³/mol. The maximum absolute atomic E-state index is 13.7. The first-order valence-corrected chi connectivity index (χ1v) is 19.6. The number of likely N-dealkylation sites (tertiary alicyclic amines) is 2. The number of nitrogens with one attached hydrogen (secondary N) is 3. The molecule has 3 amide bonds. The van der Waals surface area contributed by atoms with Crippen LogP contribution in [0.2, 0.25) is 0 Å². The van der Waals surface area contributed by atoms with Gasteiger partial charge in [-0.15, -0.1) is 0 Å². The fourth-order valence-electron chi connectivity index (χ4n) is 8.50. The predicted octanol–water partition coefficient (Wildman–Crippen LogP) is 6.62. The molecule has 3 N–H and O–H groups in total. The molecule has 4 atom stereocenters. The van der Waals surface area contributed by atoms with Crippen molar-refractivity contribution in [2.24, 2.45) is 16.8 Å². The lowest BCUT2D eigenvalue weighted by Gasteiger charge is -2.28. The van der Waals surface area contributed by atoms with E-state index in [0.29, 0.717) is 13.1 Å². The Morgan fingerprint density at radius 2 is 1.25 bits per heavy atom. The fourth-order valence-corrected chi connectivity index (χ4v) is 8.50. The average Bonchev–Trinajstić information content (AvgIpc) is 4.00. The Labute approximate surface area is 323 Å². The van der Waals surface area contributed by atoms with Gasteiger partial charge in [0.25, 0.3) is 0 Å². The molecule has 0 bridgehead atoms. The summed E-state index contributed by atoms with van der Waals surface area (Å²) in [5.74, 6) is 1.89. The Bertz CT molecular complexity index is 2290. The van der Waals surface area contributed by atoms with E-state index in [0.717, 1.165) is 107 Å². The van der Waals surface area contributed by atoms with Crippen molar-refractivity contribution in [2.75, 3.05) is 27.3 Å². The van der Waals surface area contributed by atoms with Gasteiger partial charge in [-0.05, 0) is 110 Å². The molecule has 0 unspecified atom stereocenters. The molecule has 2 aromatic heterocycles. The number of aliphatic imine (C=N–C) groups is 1. The maximum atomic E-state index is 13.7. The van der Waals surface area contributed by atoms with Crippen molar-refractivity contribution in [3.8, 4) is 22.3 Å². The molecule has 9 rings (SSSR count). The van der Waals surface area contributed by atoms with Crippen molar-refractivity contribution < 1.29 is 28.9 Å². The van der Waals surface area contributed by atoms with E-state index < -0.39 is 18.2 Å². The van der Waals surface area contributed by atoms with Gasteiger partial charge in [0, 0.05) is 13.1 Å². The van der Waals surface area contributed by atoms with Crippen LogP contribution in [0.15, 0.2) is 65.7 Å². The zero-order chi connectivity index (χ0) is 38.3. The highest BCUT2D eigenvalue weighted by molar-refractivity contribution is 5.88. The Morgan fingerprint density at radius 1 is 0.732 bits per heavy atom. The minimum Gasteiger partial charge on any atom is -0.453 e. The number of nitrogens with zero attached hydrogens (tertiary/aromatic N) is 5. The second-order valence-electron chi connectivity index (χ2n) is 15.4. The molecule has 2 aliphatic heterocycles. The van der Waals surface area contributed by atoms with Crippen molar-refractivity contribution in [3.05, 3.63) is 72.3 Å². The van der Waals surface area contributed by atoms with Gasteiger partial charge in [0.2, 0.25) is 18.2 Å². The molecule has 4 fully saturated rings. The van der Waals surface area contributed by atoms with Crippen molar-refractivity contribution in [1.82, 2.24) is 35.1 Å². The third-order valence-electron chi connectivity index (χ3n) is 11.8. The number of hydrogen-bond acceptors (Lipinski definition) is 9. The first-order valence-electron chi connectivity index (χ1n) is 19.6. The minimum atomic E-state index is -0.579. The van der Waals surface area contributed by atoms with E-state index >= 15 is 0 Å². The van der Waals surface area contributed by atoms with Crippen molar-refractivity contribution >= 4 is 46.4 Å². The van der Waals surface area contributed by atoms with Crippen molar-refractivity contribution in [3.63, 3.8) is 0 Å².